The van der Waals surface area contributed by atoms with Crippen LogP contribution in [0.4, 0.5) is 22.0 Å². The largest absolute Gasteiger partial charge is 0.468 e. The van der Waals surface area contributed by atoms with Crippen molar-refractivity contribution in [3.8, 4) is 5.88 Å². The molecule has 0 radical (unpaired) electrons. The number of esters is 1. The lowest BCUT2D eigenvalue weighted by atomic mass is 10.1. The highest BCUT2D eigenvalue weighted by atomic mass is 19.4. The van der Waals surface area contributed by atoms with Gasteiger partial charge in [0.15, 0.2) is 6.61 Å². The Hall–Kier alpha value is -2.71. The molecule has 1 aromatic heterocycles. The molecule has 0 fully saturated rings. The van der Waals surface area contributed by atoms with Crippen molar-refractivity contribution in [3.63, 3.8) is 0 Å². The van der Waals surface area contributed by atoms with E-state index >= 15 is 0 Å². The minimum Gasteiger partial charge on any atom is -0.468 e. The van der Waals surface area contributed by atoms with E-state index in [0.29, 0.717) is 6.07 Å². The average molecular weight is 361 g/mol. The number of hydrogen-bond acceptors (Lipinski definition) is 4. The summed E-state index contributed by atoms with van der Waals surface area (Å²) in [4.78, 5) is 15.5. The second-order valence-electron chi connectivity index (χ2n) is 5.00. The maximum absolute atomic E-state index is 13.6. The number of pyridine rings is 1. The first-order valence-corrected chi connectivity index (χ1v) is 6.97. The summed E-state index contributed by atoms with van der Waals surface area (Å²) in [5.74, 6) is -2.81. The highest BCUT2D eigenvalue weighted by Crippen LogP contribution is 2.23. The lowest BCUT2D eigenvalue weighted by Gasteiger charge is -2.14. The monoisotopic (exact) mass is 361 g/mol. The number of ether oxygens (including phenoxy) is 2. The molecule has 0 saturated carbocycles. The number of aromatic nitrogens is 1. The fourth-order valence-electron chi connectivity index (χ4n) is 1.87. The molecule has 1 heterocycles. The van der Waals surface area contributed by atoms with Crippen LogP contribution in [0.1, 0.15) is 28.9 Å². The predicted octanol–water partition coefficient (Wildman–Crippen LogP) is 4.22. The Balaban J connectivity index is 2.00. The van der Waals surface area contributed by atoms with Crippen LogP contribution in [0.2, 0.25) is 0 Å². The summed E-state index contributed by atoms with van der Waals surface area (Å²) < 4.78 is 72.0. The number of halogens is 5. The number of hydrogen-bond donors (Lipinski definition) is 0. The van der Waals surface area contributed by atoms with E-state index in [0.717, 1.165) is 30.5 Å². The first-order chi connectivity index (χ1) is 11.7. The zero-order valence-electron chi connectivity index (χ0n) is 12.8. The van der Waals surface area contributed by atoms with Crippen LogP contribution in [0.5, 0.6) is 5.88 Å². The molecule has 1 aromatic carbocycles. The van der Waals surface area contributed by atoms with Crippen LogP contribution >= 0.6 is 0 Å². The molecule has 9 heteroatoms. The summed E-state index contributed by atoms with van der Waals surface area (Å²) in [6, 6.07) is 5.07. The number of carbonyl (C=O) groups excluding carboxylic acids is 1. The van der Waals surface area contributed by atoms with Gasteiger partial charge in [0, 0.05) is 23.9 Å². The number of alkyl halides is 3. The Morgan fingerprint density at radius 1 is 1.20 bits per heavy atom. The van der Waals surface area contributed by atoms with Gasteiger partial charge in [-0.05, 0) is 25.1 Å². The minimum absolute atomic E-state index is 0.0205. The Bertz CT molecular complexity index is 746. The van der Waals surface area contributed by atoms with Crippen LogP contribution in [0, 0.1) is 11.6 Å². The van der Waals surface area contributed by atoms with Crippen molar-refractivity contribution >= 4 is 5.97 Å². The Labute approximate surface area is 139 Å². The van der Waals surface area contributed by atoms with Gasteiger partial charge in [-0.3, -0.25) is 0 Å². The molecular weight excluding hydrogens is 349 g/mol. The Morgan fingerprint density at radius 2 is 1.92 bits per heavy atom. The highest BCUT2D eigenvalue weighted by molar-refractivity contribution is 5.89. The molecule has 4 nitrogen and oxygen atoms in total. The van der Waals surface area contributed by atoms with Crippen LogP contribution < -0.4 is 4.74 Å². The molecular formula is C16H12F5NO3. The van der Waals surface area contributed by atoms with Gasteiger partial charge in [0.1, 0.15) is 17.7 Å². The van der Waals surface area contributed by atoms with Gasteiger partial charge >= 0.3 is 12.1 Å². The summed E-state index contributed by atoms with van der Waals surface area (Å²) in [6.07, 6.45) is -4.54. The van der Waals surface area contributed by atoms with Crippen molar-refractivity contribution in [2.75, 3.05) is 6.61 Å². The minimum atomic E-state index is -4.51. The SMILES string of the molecule is CC(OC(=O)c1ccc(OCC(F)(F)F)nc1)c1ccc(F)cc1F. The van der Waals surface area contributed by atoms with Gasteiger partial charge in [-0.1, -0.05) is 0 Å². The highest BCUT2D eigenvalue weighted by Gasteiger charge is 2.28. The standard InChI is InChI=1S/C16H12F5NO3/c1-9(12-4-3-11(17)6-13(12)18)25-15(23)10-2-5-14(22-7-10)24-8-16(19,20)21/h2-7,9H,8H2,1H3. The number of nitrogens with zero attached hydrogens (tertiary/aromatic N) is 1. The van der Waals surface area contributed by atoms with Crippen LogP contribution in [0.15, 0.2) is 36.5 Å². The summed E-state index contributed by atoms with van der Waals surface area (Å²) in [6.45, 7) is -0.118. The van der Waals surface area contributed by atoms with E-state index in [1.807, 2.05) is 0 Å². The van der Waals surface area contributed by atoms with E-state index in [1.165, 1.54) is 6.92 Å². The van der Waals surface area contributed by atoms with Gasteiger partial charge in [-0.15, -0.1) is 0 Å². The molecule has 1 unspecified atom stereocenters. The number of benzene rings is 1. The van der Waals surface area contributed by atoms with Gasteiger partial charge < -0.3 is 9.47 Å². The van der Waals surface area contributed by atoms with Crippen molar-refractivity contribution in [1.29, 1.82) is 0 Å². The van der Waals surface area contributed by atoms with Crippen molar-refractivity contribution < 1.29 is 36.2 Å². The third-order valence-electron chi connectivity index (χ3n) is 3.04. The van der Waals surface area contributed by atoms with Crippen LogP contribution in [0.3, 0.4) is 0 Å². The molecule has 0 N–H and O–H groups in total. The molecule has 2 aromatic rings. The molecule has 0 saturated heterocycles. The zero-order valence-corrected chi connectivity index (χ0v) is 12.8. The predicted molar refractivity (Wildman–Crippen MR) is 76.0 cm³/mol. The van der Waals surface area contributed by atoms with Crippen molar-refractivity contribution in [2.24, 2.45) is 0 Å². The molecule has 134 valence electrons. The van der Waals surface area contributed by atoms with Crippen LogP contribution in [-0.4, -0.2) is 23.7 Å². The van der Waals surface area contributed by atoms with Gasteiger partial charge in [0.05, 0.1) is 5.56 Å². The lowest BCUT2D eigenvalue weighted by Crippen LogP contribution is -2.19. The number of carbonyl (C=O) groups is 1. The van der Waals surface area contributed by atoms with E-state index in [9.17, 15) is 26.7 Å². The van der Waals surface area contributed by atoms with E-state index in [2.05, 4.69) is 9.72 Å². The smallest absolute Gasteiger partial charge is 0.422 e. The topological polar surface area (TPSA) is 48.4 Å². The van der Waals surface area contributed by atoms with Gasteiger partial charge in [-0.2, -0.15) is 13.2 Å². The second kappa shape index (κ2) is 7.45. The average Bonchev–Trinajstić information content (AvgIpc) is 2.52. The first-order valence-electron chi connectivity index (χ1n) is 6.97. The summed E-state index contributed by atoms with van der Waals surface area (Å²) in [7, 11) is 0. The summed E-state index contributed by atoms with van der Waals surface area (Å²) >= 11 is 0. The number of rotatable bonds is 5. The maximum Gasteiger partial charge on any atom is 0.422 e. The lowest BCUT2D eigenvalue weighted by molar-refractivity contribution is -0.154. The molecule has 0 amide bonds. The Morgan fingerprint density at radius 3 is 2.48 bits per heavy atom. The molecule has 2 rings (SSSR count). The maximum atomic E-state index is 13.6. The van der Waals surface area contributed by atoms with Gasteiger partial charge in [-0.25, -0.2) is 18.6 Å². The van der Waals surface area contributed by atoms with Crippen molar-refractivity contribution in [1.82, 2.24) is 4.98 Å². The van der Waals surface area contributed by atoms with Crippen LogP contribution in [0.25, 0.3) is 0 Å². The van der Waals surface area contributed by atoms with Gasteiger partial charge in [0.25, 0.3) is 0 Å². The van der Waals surface area contributed by atoms with E-state index in [1.54, 1.807) is 0 Å². The molecule has 0 spiro atoms. The third kappa shape index (κ3) is 5.40. The normalized spacial score (nSPS) is 12.6. The fourth-order valence-corrected chi connectivity index (χ4v) is 1.87. The summed E-state index contributed by atoms with van der Waals surface area (Å²) in [5.41, 5.74) is -0.0819. The molecule has 1 atom stereocenters. The van der Waals surface area contributed by atoms with Crippen LogP contribution in [-0.2, 0) is 4.74 Å². The molecule has 0 aliphatic heterocycles. The van der Waals surface area contributed by atoms with Crippen molar-refractivity contribution in [2.45, 2.75) is 19.2 Å². The fraction of sp³-hybridized carbons (Fsp3) is 0.250. The van der Waals surface area contributed by atoms with Crippen molar-refractivity contribution in [3.05, 3.63) is 59.3 Å². The zero-order chi connectivity index (χ0) is 18.6. The quantitative estimate of drug-likeness (QED) is 0.591. The van der Waals surface area contributed by atoms with Gasteiger partial charge in [0.2, 0.25) is 5.88 Å². The molecule has 25 heavy (non-hydrogen) atoms. The third-order valence-corrected chi connectivity index (χ3v) is 3.04. The summed E-state index contributed by atoms with van der Waals surface area (Å²) in [5, 5.41) is 0. The van der Waals surface area contributed by atoms with E-state index < -0.39 is 36.5 Å². The Kier molecular flexibility index (Phi) is 5.55. The molecule has 0 aliphatic carbocycles. The van der Waals surface area contributed by atoms with E-state index in [4.69, 9.17) is 4.74 Å². The second-order valence-corrected chi connectivity index (χ2v) is 5.00. The van der Waals surface area contributed by atoms with E-state index in [-0.39, 0.29) is 17.0 Å². The first kappa shape index (κ1) is 18.6. The molecule has 0 bridgehead atoms. The molecule has 0 aliphatic rings.